The van der Waals surface area contributed by atoms with Crippen molar-refractivity contribution in [2.45, 2.75) is 13.0 Å². The second kappa shape index (κ2) is 9.75. The average Bonchev–Trinajstić information content (AvgIpc) is 2.94. The van der Waals surface area contributed by atoms with Crippen LogP contribution in [0.3, 0.4) is 0 Å². The third-order valence-corrected chi connectivity index (χ3v) is 4.61. The molecule has 3 rings (SSSR count). The zero-order valence-electron chi connectivity index (χ0n) is 15.8. The summed E-state index contributed by atoms with van der Waals surface area (Å²) in [7, 11) is 0. The first-order chi connectivity index (χ1) is 13.6. The van der Waals surface area contributed by atoms with Gasteiger partial charge in [0.05, 0.1) is 0 Å². The van der Waals surface area contributed by atoms with Crippen LogP contribution in [0, 0.1) is 0 Å². The summed E-state index contributed by atoms with van der Waals surface area (Å²) in [5, 5.41) is 2.92. The standard InChI is InChI=1S/C21H26N4O3/c22-20(26)16-28-19-9-7-18(8-10-19)23-21(27)25-12-4-11-24(13-14-25)15-17-5-2-1-3-6-17/h1-3,5-10H,4,11-16H2,(H2,22,26)(H,23,27). The number of ether oxygens (including phenoxy) is 1. The van der Waals surface area contributed by atoms with E-state index >= 15 is 0 Å². The van der Waals surface area contributed by atoms with Crippen LogP contribution in [0.1, 0.15) is 12.0 Å². The van der Waals surface area contributed by atoms with Gasteiger partial charge in [0.15, 0.2) is 6.61 Å². The van der Waals surface area contributed by atoms with Gasteiger partial charge >= 0.3 is 6.03 Å². The molecule has 28 heavy (non-hydrogen) atoms. The molecule has 0 aliphatic carbocycles. The molecule has 0 radical (unpaired) electrons. The minimum absolute atomic E-state index is 0.104. The van der Waals surface area contributed by atoms with Crippen molar-refractivity contribution < 1.29 is 14.3 Å². The Hall–Kier alpha value is -3.06. The number of carbonyl (C=O) groups excluding carboxylic acids is 2. The summed E-state index contributed by atoms with van der Waals surface area (Å²) in [6.45, 7) is 3.99. The fraction of sp³-hybridized carbons (Fsp3) is 0.333. The van der Waals surface area contributed by atoms with Crippen LogP contribution in [0.15, 0.2) is 54.6 Å². The van der Waals surface area contributed by atoms with E-state index in [1.165, 1.54) is 5.56 Å². The highest BCUT2D eigenvalue weighted by atomic mass is 16.5. The van der Waals surface area contributed by atoms with E-state index in [1.807, 2.05) is 11.0 Å². The summed E-state index contributed by atoms with van der Waals surface area (Å²) < 4.78 is 5.22. The second-order valence-corrected chi connectivity index (χ2v) is 6.81. The number of rotatable bonds is 6. The fourth-order valence-electron chi connectivity index (χ4n) is 3.17. The van der Waals surface area contributed by atoms with Crippen LogP contribution < -0.4 is 15.8 Å². The van der Waals surface area contributed by atoms with Crippen LogP contribution in [0.2, 0.25) is 0 Å². The smallest absolute Gasteiger partial charge is 0.321 e. The molecule has 1 heterocycles. The van der Waals surface area contributed by atoms with Crippen molar-refractivity contribution in [3.63, 3.8) is 0 Å². The number of nitrogens with two attached hydrogens (primary N) is 1. The average molecular weight is 382 g/mol. The number of hydrogen-bond donors (Lipinski definition) is 2. The van der Waals surface area contributed by atoms with Gasteiger partial charge in [0.1, 0.15) is 5.75 Å². The number of anilines is 1. The van der Waals surface area contributed by atoms with Gasteiger partial charge in [0, 0.05) is 38.4 Å². The van der Waals surface area contributed by atoms with Gasteiger partial charge in [-0.2, -0.15) is 0 Å². The summed E-state index contributed by atoms with van der Waals surface area (Å²) in [4.78, 5) is 27.6. The molecule has 2 aromatic rings. The van der Waals surface area contributed by atoms with Gasteiger partial charge in [0.25, 0.3) is 5.91 Å². The van der Waals surface area contributed by atoms with E-state index in [4.69, 9.17) is 10.5 Å². The first-order valence-electron chi connectivity index (χ1n) is 9.43. The quantitative estimate of drug-likeness (QED) is 0.802. The molecule has 0 bridgehead atoms. The van der Waals surface area contributed by atoms with E-state index in [1.54, 1.807) is 24.3 Å². The van der Waals surface area contributed by atoms with Crippen molar-refractivity contribution in [1.82, 2.24) is 9.80 Å². The van der Waals surface area contributed by atoms with Gasteiger partial charge in [-0.05, 0) is 36.2 Å². The minimum Gasteiger partial charge on any atom is -0.484 e. The third-order valence-electron chi connectivity index (χ3n) is 4.61. The van der Waals surface area contributed by atoms with E-state index in [2.05, 4.69) is 34.5 Å². The Morgan fingerprint density at radius 1 is 0.964 bits per heavy atom. The molecule has 148 valence electrons. The van der Waals surface area contributed by atoms with Crippen molar-refractivity contribution in [2.24, 2.45) is 5.73 Å². The molecule has 7 heteroatoms. The number of nitrogens with one attached hydrogen (secondary N) is 1. The number of urea groups is 1. The monoisotopic (exact) mass is 382 g/mol. The Morgan fingerprint density at radius 3 is 2.43 bits per heavy atom. The van der Waals surface area contributed by atoms with E-state index in [0.717, 1.165) is 32.6 Å². The molecular formula is C21H26N4O3. The molecule has 0 aromatic heterocycles. The highest BCUT2D eigenvalue weighted by Crippen LogP contribution is 2.17. The lowest BCUT2D eigenvalue weighted by molar-refractivity contribution is -0.119. The van der Waals surface area contributed by atoms with Crippen molar-refractivity contribution in [3.05, 3.63) is 60.2 Å². The number of nitrogens with zero attached hydrogens (tertiary/aromatic N) is 2. The number of carbonyl (C=O) groups is 2. The number of benzene rings is 2. The van der Waals surface area contributed by atoms with Crippen LogP contribution in [0.5, 0.6) is 5.75 Å². The van der Waals surface area contributed by atoms with Gasteiger partial charge in [-0.1, -0.05) is 30.3 Å². The summed E-state index contributed by atoms with van der Waals surface area (Å²) in [5.74, 6) is 0.00276. The molecule has 0 saturated carbocycles. The summed E-state index contributed by atoms with van der Waals surface area (Å²) >= 11 is 0. The van der Waals surface area contributed by atoms with Gasteiger partial charge in [0.2, 0.25) is 0 Å². The van der Waals surface area contributed by atoms with Gasteiger partial charge in [-0.15, -0.1) is 0 Å². The predicted molar refractivity (Wildman–Crippen MR) is 108 cm³/mol. The molecule has 1 fully saturated rings. The van der Waals surface area contributed by atoms with Crippen molar-refractivity contribution in [2.75, 3.05) is 38.1 Å². The second-order valence-electron chi connectivity index (χ2n) is 6.81. The number of hydrogen-bond acceptors (Lipinski definition) is 4. The summed E-state index contributed by atoms with van der Waals surface area (Å²) in [6.07, 6.45) is 0.945. The van der Waals surface area contributed by atoms with E-state index in [-0.39, 0.29) is 12.6 Å². The van der Waals surface area contributed by atoms with E-state index in [0.29, 0.717) is 18.0 Å². The van der Waals surface area contributed by atoms with Gasteiger partial charge < -0.3 is 20.7 Å². The van der Waals surface area contributed by atoms with Crippen molar-refractivity contribution in [1.29, 1.82) is 0 Å². The van der Waals surface area contributed by atoms with Crippen molar-refractivity contribution >= 4 is 17.6 Å². The van der Waals surface area contributed by atoms with Crippen LogP contribution in [-0.2, 0) is 11.3 Å². The first-order valence-corrected chi connectivity index (χ1v) is 9.43. The highest BCUT2D eigenvalue weighted by Gasteiger charge is 2.19. The summed E-state index contributed by atoms with van der Waals surface area (Å²) in [6, 6.07) is 17.2. The minimum atomic E-state index is -0.528. The maximum atomic E-state index is 12.6. The van der Waals surface area contributed by atoms with E-state index in [9.17, 15) is 9.59 Å². The van der Waals surface area contributed by atoms with Crippen LogP contribution in [0.25, 0.3) is 0 Å². The van der Waals surface area contributed by atoms with Crippen LogP contribution >= 0.6 is 0 Å². The lowest BCUT2D eigenvalue weighted by Crippen LogP contribution is -2.38. The van der Waals surface area contributed by atoms with E-state index < -0.39 is 5.91 Å². The largest absolute Gasteiger partial charge is 0.484 e. The summed E-state index contributed by atoms with van der Waals surface area (Å²) in [5.41, 5.74) is 7.03. The number of amides is 3. The Bertz CT molecular complexity index is 780. The number of primary amides is 1. The third kappa shape index (κ3) is 5.99. The molecule has 0 spiro atoms. The van der Waals surface area contributed by atoms with Crippen molar-refractivity contribution in [3.8, 4) is 5.75 Å². The van der Waals surface area contributed by atoms with Crippen LogP contribution in [-0.4, -0.2) is 54.5 Å². The maximum absolute atomic E-state index is 12.6. The molecule has 1 aliphatic rings. The Labute approximate surface area is 165 Å². The molecule has 0 unspecified atom stereocenters. The lowest BCUT2D eigenvalue weighted by Gasteiger charge is -2.22. The molecule has 0 atom stereocenters. The Balaban J connectivity index is 1.48. The fourth-order valence-corrected chi connectivity index (χ4v) is 3.17. The SMILES string of the molecule is NC(=O)COc1ccc(NC(=O)N2CCCN(Cc3ccccc3)CC2)cc1. The van der Waals surface area contributed by atoms with Gasteiger partial charge in [-0.25, -0.2) is 4.79 Å². The van der Waals surface area contributed by atoms with Gasteiger partial charge in [-0.3, -0.25) is 9.69 Å². The zero-order chi connectivity index (χ0) is 19.8. The predicted octanol–water partition coefficient (Wildman–Crippen LogP) is 2.29. The first kappa shape index (κ1) is 19.7. The lowest BCUT2D eigenvalue weighted by atomic mass is 10.2. The van der Waals surface area contributed by atoms with Crippen LogP contribution in [0.4, 0.5) is 10.5 Å². The molecule has 1 aliphatic heterocycles. The Kier molecular flexibility index (Phi) is 6.86. The topological polar surface area (TPSA) is 87.9 Å². The molecule has 3 N–H and O–H groups in total. The Morgan fingerprint density at radius 2 is 1.71 bits per heavy atom. The molecule has 1 saturated heterocycles. The molecule has 2 aromatic carbocycles. The molecule has 3 amide bonds. The molecule has 7 nitrogen and oxygen atoms in total. The zero-order valence-corrected chi connectivity index (χ0v) is 15.8. The maximum Gasteiger partial charge on any atom is 0.321 e. The normalized spacial score (nSPS) is 14.9. The highest BCUT2D eigenvalue weighted by molar-refractivity contribution is 5.89. The molecular weight excluding hydrogens is 356 g/mol.